The van der Waals surface area contributed by atoms with Crippen LogP contribution in [0.3, 0.4) is 0 Å². The first-order chi connectivity index (χ1) is 20.8. The van der Waals surface area contributed by atoms with Crippen molar-refractivity contribution in [2.45, 2.75) is 0 Å². The second kappa shape index (κ2) is 8.88. The molecule has 5 aromatic carbocycles. The average Bonchev–Trinajstić information content (AvgIpc) is 3.63. The molecule has 42 heavy (non-hydrogen) atoms. The van der Waals surface area contributed by atoms with Crippen LogP contribution in [0, 0.1) is 0 Å². The van der Waals surface area contributed by atoms with Crippen molar-refractivity contribution in [2.24, 2.45) is 0 Å². The molecular formula is C38H23N3O. The van der Waals surface area contributed by atoms with Crippen molar-refractivity contribution in [3.63, 3.8) is 0 Å². The fourth-order valence-corrected chi connectivity index (χ4v) is 6.16. The summed E-state index contributed by atoms with van der Waals surface area (Å²) in [5.74, 6) is 0. The minimum absolute atomic E-state index is 0.913. The smallest absolute Gasteiger partial charge is 0.137 e. The Kier molecular flexibility index (Phi) is 4.87. The molecule has 4 aromatic heterocycles. The monoisotopic (exact) mass is 537 g/mol. The zero-order chi connectivity index (χ0) is 27.6. The highest BCUT2D eigenvalue weighted by molar-refractivity contribution is 6.09. The third-order valence-electron chi connectivity index (χ3n) is 8.21. The molecule has 4 heterocycles. The number of benzene rings is 5. The largest absolute Gasteiger partial charge is 0.456 e. The summed E-state index contributed by atoms with van der Waals surface area (Å²) < 4.78 is 8.17. The van der Waals surface area contributed by atoms with Crippen molar-refractivity contribution in [1.82, 2.24) is 14.4 Å². The lowest BCUT2D eigenvalue weighted by Crippen LogP contribution is -1.92. The maximum atomic E-state index is 6.03. The highest BCUT2D eigenvalue weighted by atomic mass is 16.3. The van der Waals surface area contributed by atoms with E-state index in [4.69, 9.17) is 14.4 Å². The van der Waals surface area contributed by atoms with Crippen LogP contribution in [-0.4, -0.2) is 14.4 Å². The standard InChI is InChI=1S/C38H23N3O/c1-3-12-32-30(11-1)37-38(41-21-6-5-14-35(41)40-37)36(39-32)28-9-7-8-26(22-28)24-15-17-25(18-16-24)27-19-20-34-31(23-27)29-10-2-4-13-33(29)42-34/h1-23H. The molecule has 0 saturated carbocycles. The first-order valence-corrected chi connectivity index (χ1v) is 14.1. The number of hydrogen-bond donors (Lipinski definition) is 0. The van der Waals surface area contributed by atoms with Crippen molar-refractivity contribution < 1.29 is 4.42 Å². The lowest BCUT2D eigenvalue weighted by molar-refractivity contribution is 0.669. The molecule has 0 atom stereocenters. The number of fused-ring (bicyclic) bond motifs is 8. The maximum absolute atomic E-state index is 6.03. The Bertz CT molecular complexity index is 2470. The molecule has 196 valence electrons. The highest BCUT2D eigenvalue weighted by Crippen LogP contribution is 2.36. The van der Waals surface area contributed by atoms with E-state index in [1.165, 1.54) is 11.1 Å². The molecule has 0 amide bonds. The van der Waals surface area contributed by atoms with Crippen LogP contribution >= 0.6 is 0 Å². The van der Waals surface area contributed by atoms with E-state index >= 15 is 0 Å². The molecule has 0 aliphatic heterocycles. The van der Waals surface area contributed by atoms with Crippen molar-refractivity contribution in [2.75, 3.05) is 0 Å². The van der Waals surface area contributed by atoms with Crippen LogP contribution in [0.4, 0.5) is 0 Å². The quantitative estimate of drug-likeness (QED) is 0.225. The van der Waals surface area contributed by atoms with E-state index in [1.807, 2.05) is 42.5 Å². The maximum Gasteiger partial charge on any atom is 0.137 e. The van der Waals surface area contributed by atoms with Gasteiger partial charge in [-0.05, 0) is 64.7 Å². The molecule has 0 aliphatic carbocycles. The number of furan rings is 1. The number of pyridine rings is 2. The van der Waals surface area contributed by atoms with Gasteiger partial charge in [-0.3, -0.25) is 4.40 Å². The van der Waals surface area contributed by atoms with E-state index in [0.717, 1.165) is 71.9 Å². The minimum atomic E-state index is 0.913. The molecule has 0 radical (unpaired) electrons. The molecule has 9 rings (SSSR count). The normalized spacial score (nSPS) is 11.8. The summed E-state index contributed by atoms with van der Waals surface area (Å²) in [5.41, 5.74) is 12.3. The second-order valence-electron chi connectivity index (χ2n) is 10.7. The van der Waals surface area contributed by atoms with Crippen molar-refractivity contribution >= 4 is 49.5 Å². The van der Waals surface area contributed by atoms with Crippen LogP contribution in [0.5, 0.6) is 0 Å². The molecule has 0 spiro atoms. The first kappa shape index (κ1) is 23.0. The fraction of sp³-hybridized carbons (Fsp3) is 0. The number of nitrogens with zero attached hydrogens (tertiary/aromatic N) is 3. The Morgan fingerprint density at radius 2 is 1.17 bits per heavy atom. The summed E-state index contributed by atoms with van der Waals surface area (Å²) in [6.07, 6.45) is 2.07. The highest BCUT2D eigenvalue weighted by Gasteiger charge is 2.16. The van der Waals surface area contributed by atoms with Gasteiger partial charge in [0.25, 0.3) is 0 Å². The second-order valence-corrected chi connectivity index (χ2v) is 10.7. The zero-order valence-corrected chi connectivity index (χ0v) is 22.5. The van der Waals surface area contributed by atoms with Gasteiger partial charge < -0.3 is 4.42 Å². The van der Waals surface area contributed by atoms with Gasteiger partial charge in [0.15, 0.2) is 0 Å². The summed E-state index contributed by atoms with van der Waals surface area (Å²) >= 11 is 0. The Morgan fingerprint density at radius 1 is 0.476 bits per heavy atom. The number of aromatic nitrogens is 3. The molecule has 0 saturated heterocycles. The molecule has 0 bridgehead atoms. The van der Waals surface area contributed by atoms with E-state index in [9.17, 15) is 0 Å². The predicted molar refractivity (Wildman–Crippen MR) is 172 cm³/mol. The average molecular weight is 538 g/mol. The molecule has 0 unspecified atom stereocenters. The van der Waals surface area contributed by atoms with Gasteiger partial charge in [-0.15, -0.1) is 0 Å². The van der Waals surface area contributed by atoms with Crippen LogP contribution < -0.4 is 0 Å². The van der Waals surface area contributed by atoms with Crippen molar-refractivity contribution in [3.8, 4) is 33.5 Å². The van der Waals surface area contributed by atoms with E-state index < -0.39 is 0 Å². The van der Waals surface area contributed by atoms with Crippen LogP contribution in [-0.2, 0) is 0 Å². The predicted octanol–water partition coefficient (Wildman–Crippen LogP) is 9.94. The lowest BCUT2D eigenvalue weighted by Gasteiger charge is -2.10. The van der Waals surface area contributed by atoms with E-state index in [2.05, 4.69) is 102 Å². The van der Waals surface area contributed by atoms with Crippen LogP contribution in [0.15, 0.2) is 144 Å². The Morgan fingerprint density at radius 3 is 2.05 bits per heavy atom. The van der Waals surface area contributed by atoms with Crippen LogP contribution in [0.2, 0.25) is 0 Å². The van der Waals surface area contributed by atoms with Gasteiger partial charge in [-0.1, -0.05) is 91.0 Å². The number of rotatable bonds is 3. The van der Waals surface area contributed by atoms with Gasteiger partial charge in [0.05, 0.1) is 16.7 Å². The molecular weight excluding hydrogens is 514 g/mol. The topological polar surface area (TPSA) is 43.3 Å². The van der Waals surface area contributed by atoms with E-state index in [-0.39, 0.29) is 0 Å². The van der Waals surface area contributed by atoms with E-state index in [1.54, 1.807) is 0 Å². The number of imidazole rings is 1. The Balaban J connectivity index is 1.14. The van der Waals surface area contributed by atoms with Gasteiger partial charge in [-0.2, -0.15) is 0 Å². The third-order valence-corrected chi connectivity index (χ3v) is 8.21. The van der Waals surface area contributed by atoms with Crippen LogP contribution in [0.25, 0.3) is 83.0 Å². The SMILES string of the molecule is c1cc(-c2ccc(-c3ccc4oc5ccccc5c4c3)cc2)cc(-c2nc3ccccc3c3nc4ccccn4c23)c1. The van der Waals surface area contributed by atoms with Gasteiger partial charge in [0, 0.05) is 27.9 Å². The zero-order valence-electron chi connectivity index (χ0n) is 22.5. The summed E-state index contributed by atoms with van der Waals surface area (Å²) in [6.45, 7) is 0. The molecule has 4 nitrogen and oxygen atoms in total. The van der Waals surface area contributed by atoms with Gasteiger partial charge in [-0.25, -0.2) is 9.97 Å². The number of hydrogen-bond acceptors (Lipinski definition) is 3. The van der Waals surface area contributed by atoms with Gasteiger partial charge in [0.2, 0.25) is 0 Å². The summed E-state index contributed by atoms with van der Waals surface area (Å²) in [5, 5.41) is 3.35. The number of para-hydroxylation sites is 2. The Hall–Kier alpha value is -5.74. The lowest BCUT2D eigenvalue weighted by atomic mass is 9.97. The third kappa shape index (κ3) is 3.49. The molecule has 0 aliphatic rings. The molecule has 4 heteroatoms. The molecule has 0 fully saturated rings. The Labute approximate surface area is 241 Å². The summed E-state index contributed by atoms with van der Waals surface area (Å²) in [6, 6.07) is 46.4. The van der Waals surface area contributed by atoms with Crippen molar-refractivity contribution in [3.05, 3.63) is 140 Å². The molecule has 0 N–H and O–H groups in total. The minimum Gasteiger partial charge on any atom is -0.456 e. The molecule has 9 aromatic rings. The van der Waals surface area contributed by atoms with E-state index in [0.29, 0.717) is 0 Å². The summed E-state index contributed by atoms with van der Waals surface area (Å²) in [7, 11) is 0. The van der Waals surface area contributed by atoms with Crippen molar-refractivity contribution in [1.29, 1.82) is 0 Å². The first-order valence-electron chi connectivity index (χ1n) is 14.1. The van der Waals surface area contributed by atoms with Gasteiger partial charge in [0.1, 0.15) is 22.3 Å². The fourth-order valence-electron chi connectivity index (χ4n) is 6.16. The van der Waals surface area contributed by atoms with Crippen LogP contribution in [0.1, 0.15) is 0 Å². The van der Waals surface area contributed by atoms with Gasteiger partial charge >= 0.3 is 0 Å². The summed E-state index contributed by atoms with van der Waals surface area (Å²) in [4.78, 5) is 10.2.